The van der Waals surface area contributed by atoms with Crippen LogP contribution in [0.15, 0.2) is 18.3 Å². The number of hydrogen-bond donors (Lipinski definition) is 1. The lowest BCUT2D eigenvalue weighted by Gasteiger charge is -2.16. The fraction of sp³-hybridized carbons (Fsp3) is 0.615. The first-order chi connectivity index (χ1) is 7.65. The summed E-state index contributed by atoms with van der Waals surface area (Å²) >= 11 is 0. The molecule has 2 N–H and O–H groups in total. The van der Waals surface area contributed by atoms with E-state index in [1.807, 2.05) is 6.92 Å². The molecule has 1 saturated carbocycles. The Bertz CT molecular complexity index is 394. The van der Waals surface area contributed by atoms with Gasteiger partial charge in [-0.1, -0.05) is 0 Å². The van der Waals surface area contributed by atoms with E-state index in [1.165, 1.54) is 18.5 Å². The van der Waals surface area contributed by atoms with Gasteiger partial charge in [0, 0.05) is 42.7 Å². The molecule has 0 aliphatic heterocycles. The number of rotatable bonds is 5. The Labute approximate surface area is 96.9 Å². The third-order valence-electron chi connectivity index (χ3n) is 3.37. The Morgan fingerprint density at radius 3 is 2.94 bits per heavy atom. The van der Waals surface area contributed by atoms with Crippen LogP contribution in [0.1, 0.15) is 31.9 Å². The molecular weight excluding hydrogens is 198 g/mol. The van der Waals surface area contributed by atoms with E-state index in [-0.39, 0.29) is 11.5 Å². The molecule has 1 unspecified atom stereocenters. The van der Waals surface area contributed by atoms with Crippen molar-refractivity contribution in [3.05, 3.63) is 24.0 Å². The first kappa shape index (κ1) is 11.2. The SMILES string of the molecule is CC(N)Cc1cccn1CC1(CC#N)CC1. The third-order valence-corrected chi connectivity index (χ3v) is 3.37. The number of nitriles is 1. The molecule has 0 amide bonds. The van der Waals surface area contributed by atoms with E-state index in [0.29, 0.717) is 6.42 Å². The summed E-state index contributed by atoms with van der Waals surface area (Å²) < 4.78 is 2.27. The maximum Gasteiger partial charge on any atom is 0.0628 e. The molecule has 1 aromatic rings. The molecule has 0 bridgehead atoms. The predicted molar refractivity (Wildman–Crippen MR) is 63.7 cm³/mol. The first-order valence-electron chi connectivity index (χ1n) is 5.92. The van der Waals surface area contributed by atoms with Gasteiger partial charge in [0.1, 0.15) is 0 Å². The Morgan fingerprint density at radius 1 is 1.62 bits per heavy atom. The number of nitrogens with zero attached hydrogens (tertiary/aromatic N) is 2. The fourth-order valence-corrected chi connectivity index (χ4v) is 2.22. The van der Waals surface area contributed by atoms with Gasteiger partial charge in [0.25, 0.3) is 0 Å². The molecular formula is C13H19N3. The topological polar surface area (TPSA) is 54.7 Å². The molecule has 3 nitrogen and oxygen atoms in total. The van der Waals surface area contributed by atoms with Crippen molar-refractivity contribution < 1.29 is 0 Å². The lowest BCUT2D eigenvalue weighted by molar-refractivity contribution is 0.422. The summed E-state index contributed by atoms with van der Waals surface area (Å²) in [5.74, 6) is 0. The average Bonchev–Trinajstić information content (AvgIpc) is 2.82. The van der Waals surface area contributed by atoms with Gasteiger partial charge >= 0.3 is 0 Å². The maximum absolute atomic E-state index is 8.81. The summed E-state index contributed by atoms with van der Waals surface area (Å²) in [6.45, 7) is 3.01. The Kier molecular flexibility index (Phi) is 3.02. The monoisotopic (exact) mass is 217 g/mol. The van der Waals surface area contributed by atoms with E-state index >= 15 is 0 Å². The molecule has 0 saturated heterocycles. The molecule has 3 heteroatoms. The van der Waals surface area contributed by atoms with Crippen LogP contribution >= 0.6 is 0 Å². The largest absolute Gasteiger partial charge is 0.351 e. The van der Waals surface area contributed by atoms with Crippen LogP contribution in [0.3, 0.4) is 0 Å². The molecule has 1 aromatic heterocycles. The zero-order chi connectivity index (χ0) is 11.6. The van der Waals surface area contributed by atoms with Gasteiger partial charge in [-0.05, 0) is 31.9 Å². The quantitative estimate of drug-likeness (QED) is 0.821. The summed E-state index contributed by atoms with van der Waals surface area (Å²) in [5.41, 5.74) is 7.38. The van der Waals surface area contributed by atoms with Gasteiger partial charge in [-0.2, -0.15) is 5.26 Å². The average molecular weight is 217 g/mol. The van der Waals surface area contributed by atoms with E-state index in [0.717, 1.165) is 13.0 Å². The zero-order valence-corrected chi connectivity index (χ0v) is 9.82. The molecule has 1 aliphatic rings. The van der Waals surface area contributed by atoms with Gasteiger partial charge in [-0.15, -0.1) is 0 Å². The molecule has 0 spiro atoms. The van der Waals surface area contributed by atoms with Crippen molar-refractivity contribution in [3.63, 3.8) is 0 Å². The van der Waals surface area contributed by atoms with Crippen molar-refractivity contribution in [2.75, 3.05) is 0 Å². The predicted octanol–water partition coefficient (Wildman–Crippen LogP) is 2.07. The van der Waals surface area contributed by atoms with Crippen molar-refractivity contribution in [1.29, 1.82) is 5.26 Å². The van der Waals surface area contributed by atoms with Crippen LogP contribution in [-0.4, -0.2) is 10.6 Å². The lowest BCUT2D eigenvalue weighted by Crippen LogP contribution is -2.21. The number of nitrogens with two attached hydrogens (primary N) is 1. The van der Waals surface area contributed by atoms with Gasteiger partial charge in [0.05, 0.1) is 6.07 Å². The highest BCUT2D eigenvalue weighted by Gasteiger charge is 2.42. The summed E-state index contributed by atoms with van der Waals surface area (Å²) in [6.07, 6.45) is 6.08. The Balaban J connectivity index is 2.05. The molecule has 2 rings (SSSR count). The van der Waals surface area contributed by atoms with Crippen LogP contribution in [0.25, 0.3) is 0 Å². The highest BCUT2D eigenvalue weighted by atomic mass is 15.0. The highest BCUT2D eigenvalue weighted by molar-refractivity contribution is 5.11. The van der Waals surface area contributed by atoms with E-state index in [1.54, 1.807) is 0 Å². The Morgan fingerprint density at radius 2 is 2.38 bits per heavy atom. The van der Waals surface area contributed by atoms with Gasteiger partial charge in [-0.25, -0.2) is 0 Å². The molecule has 1 aliphatic carbocycles. The second kappa shape index (κ2) is 4.31. The zero-order valence-electron chi connectivity index (χ0n) is 9.82. The van der Waals surface area contributed by atoms with Gasteiger partial charge in [0.2, 0.25) is 0 Å². The van der Waals surface area contributed by atoms with Gasteiger partial charge in [0.15, 0.2) is 0 Å². The second-order valence-electron chi connectivity index (χ2n) is 5.14. The minimum atomic E-state index is 0.194. The first-order valence-corrected chi connectivity index (χ1v) is 5.92. The van der Waals surface area contributed by atoms with Crippen LogP contribution in [-0.2, 0) is 13.0 Å². The minimum Gasteiger partial charge on any atom is -0.351 e. The van der Waals surface area contributed by atoms with E-state index in [2.05, 4.69) is 29.0 Å². The van der Waals surface area contributed by atoms with Gasteiger partial charge in [-0.3, -0.25) is 0 Å². The van der Waals surface area contributed by atoms with Crippen molar-refractivity contribution in [2.24, 2.45) is 11.1 Å². The van der Waals surface area contributed by atoms with E-state index in [9.17, 15) is 0 Å². The second-order valence-corrected chi connectivity index (χ2v) is 5.14. The molecule has 1 heterocycles. The van der Waals surface area contributed by atoms with Crippen LogP contribution in [0, 0.1) is 16.7 Å². The van der Waals surface area contributed by atoms with Crippen molar-refractivity contribution >= 4 is 0 Å². The molecule has 0 radical (unpaired) electrons. The molecule has 1 fully saturated rings. The van der Waals surface area contributed by atoms with Crippen molar-refractivity contribution in [2.45, 2.75) is 45.2 Å². The normalized spacial score (nSPS) is 19.1. The molecule has 86 valence electrons. The van der Waals surface area contributed by atoms with Crippen LogP contribution in [0.2, 0.25) is 0 Å². The fourth-order valence-electron chi connectivity index (χ4n) is 2.22. The minimum absolute atomic E-state index is 0.194. The van der Waals surface area contributed by atoms with E-state index < -0.39 is 0 Å². The standard InChI is InChI=1S/C13H19N3/c1-11(15)9-12-3-2-8-16(12)10-13(4-5-13)6-7-14/h2-3,8,11H,4-6,9-10,15H2,1H3. The van der Waals surface area contributed by atoms with Gasteiger partial charge < -0.3 is 10.3 Å². The molecule has 16 heavy (non-hydrogen) atoms. The summed E-state index contributed by atoms with van der Waals surface area (Å²) in [4.78, 5) is 0. The highest BCUT2D eigenvalue weighted by Crippen LogP contribution is 2.50. The smallest absolute Gasteiger partial charge is 0.0628 e. The maximum atomic E-state index is 8.81. The van der Waals surface area contributed by atoms with Crippen LogP contribution in [0.5, 0.6) is 0 Å². The van der Waals surface area contributed by atoms with Crippen LogP contribution < -0.4 is 5.73 Å². The number of hydrogen-bond acceptors (Lipinski definition) is 2. The summed E-state index contributed by atoms with van der Waals surface area (Å²) in [7, 11) is 0. The summed E-state index contributed by atoms with van der Waals surface area (Å²) in [5, 5.41) is 8.81. The summed E-state index contributed by atoms with van der Waals surface area (Å²) in [6, 6.07) is 6.70. The third kappa shape index (κ3) is 2.45. The Hall–Kier alpha value is -1.27. The lowest BCUT2D eigenvalue weighted by atomic mass is 10.0. The molecule has 0 aromatic carbocycles. The van der Waals surface area contributed by atoms with E-state index in [4.69, 9.17) is 11.0 Å². The van der Waals surface area contributed by atoms with Crippen LogP contribution in [0.4, 0.5) is 0 Å². The van der Waals surface area contributed by atoms with Crippen molar-refractivity contribution in [1.82, 2.24) is 4.57 Å². The number of aromatic nitrogens is 1. The molecule has 1 atom stereocenters. The van der Waals surface area contributed by atoms with Crippen molar-refractivity contribution in [3.8, 4) is 6.07 Å².